The first-order chi connectivity index (χ1) is 7.65. The lowest BCUT2D eigenvalue weighted by Gasteiger charge is -2.13. The molecule has 0 saturated carbocycles. The van der Waals surface area contributed by atoms with E-state index in [-0.39, 0.29) is 0 Å². The first-order valence-electron chi connectivity index (χ1n) is 5.62. The van der Waals surface area contributed by atoms with E-state index in [1.165, 1.54) is 19.6 Å². The fourth-order valence-corrected chi connectivity index (χ4v) is 1.37. The van der Waals surface area contributed by atoms with Crippen molar-refractivity contribution in [2.75, 3.05) is 19.6 Å². The minimum atomic E-state index is -0.407. The number of nitrogens with zero attached hydrogens (tertiary/aromatic N) is 1. The van der Waals surface area contributed by atoms with E-state index in [0.29, 0.717) is 5.56 Å². The second-order valence-electron chi connectivity index (χ2n) is 3.26. The third-order valence-corrected chi connectivity index (χ3v) is 2.56. The molecule has 0 radical (unpaired) electrons. The molecule has 0 aromatic heterocycles. The molecule has 0 amide bonds. The first kappa shape index (κ1) is 15.1. The second kappa shape index (κ2) is 9.37. The highest BCUT2D eigenvalue weighted by molar-refractivity contribution is 6.67. The normalized spacial score (nSPS) is 9.56. The van der Waals surface area contributed by atoms with Crippen LogP contribution in [0.3, 0.4) is 0 Å². The van der Waals surface area contributed by atoms with Crippen molar-refractivity contribution in [1.82, 2.24) is 4.90 Å². The Bertz CT molecular complexity index is 278. The summed E-state index contributed by atoms with van der Waals surface area (Å²) in [6, 6.07) is 8.74. The van der Waals surface area contributed by atoms with Gasteiger partial charge in [0.15, 0.2) is 0 Å². The van der Waals surface area contributed by atoms with Gasteiger partial charge in [-0.2, -0.15) is 0 Å². The molecule has 0 fully saturated rings. The van der Waals surface area contributed by atoms with Crippen LogP contribution >= 0.6 is 11.6 Å². The highest BCUT2D eigenvalue weighted by Crippen LogP contribution is 2.01. The van der Waals surface area contributed by atoms with E-state index >= 15 is 0 Å². The average molecular weight is 242 g/mol. The van der Waals surface area contributed by atoms with Crippen molar-refractivity contribution in [2.45, 2.75) is 20.8 Å². The maximum atomic E-state index is 10.4. The molecule has 2 nitrogen and oxygen atoms in total. The van der Waals surface area contributed by atoms with Crippen LogP contribution in [0.15, 0.2) is 30.3 Å². The van der Waals surface area contributed by atoms with Crippen molar-refractivity contribution in [2.24, 2.45) is 0 Å². The lowest BCUT2D eigenvalue weighted by Crippen LogP contribution is -2.21. The van der Waals surface area contributed by atoms with E-state index in [1.54, 1.807) is 24.3 Å². The van der Waals surface area contributed by atoms with E-state index in [2.05, 4.69) is 25.7 Å². The molecule has 1 aromatic rings. The minimum absolute atomic E-state index is 0.407. The van der Waals surface area contributed by atoms with Crippen LogP contribution < -0.4 is 0 Å². The second-order valence-corrected chi connectivity index (χ2v) is 3.60. The van der Waals surface area contributed by atoms with Crippen molar-refractivity contribution in [1.29, 1.82) is 0 Å². The molecule has 90 valence electrons. The summed E-state index contributed by atoms with van der Waals surface area (Å²) in [6.07, 6.45) is 0. The molecule has 0 N–H and O–H groups in total. The number of carbonyl (C=O) groups excluding carboxylic acids is 1. The Labute approximate surface area is 103 Å². The molecule has 0 aliphatic carbocycles. The summed E-state index contributed by atoms with van der Waals surface area (Å²) in [5.41, 5.74) is 0.541. The van der Waals surface area contributed by atoms with Gasteiger partial charge in [-0.3, -0.25) is 4.79 Å². The molecule has 0 aliphatic heterocycles. The van der Waals surface area contributed by atoms with Gasteiger partial charge in [-0.1, -0.05) is 51.1 Å². The molecule has 1 aromatic carbocycles. The van der Waals surface area contributed by atoms with Gasteiger partial charge in [-0.05, 0) is 31.2 Å². The summed E-state index contributed by atoms with van der Waals surface area (Å²) in [4.78, 5) is 12.8. The van der Waals surface area contributed by atoms with Gasteiger partial charge in [0.2, 0.25) is 0 Å². The third kappa shape index (κ3) is 6.59. The van der Waals surface area contributed by atoms with Crippen LogP contribution in [0.1, 0.15) is 31.1 Å². The summed E-state index contributed by atoms with van der Waals surface area (Å²) >= 11 is 5.16. The summed E-state index contributed by atoms with van der Waals surface area (Å²) in [5.74, 6) is 0. The quantitative estimate of drug-likeness (QED) is 0.753. The fourth-order valence-electron chi connectivity index (χ4n) is 1.24. The average Bonchev–Trinajstić information content (AvgIpc) is 2.33. The Morgan fingerprint density at radius 3 is 1.69 bits per heavy atom. The van der Waals surface area contributed by atoms with Crippen molar-refractivity contribution in [3.05, 3.63) is 35.9 Å². The Morgan fingerprint density at radius 1 is 1.06 bits per heavy atom. The standard InChI is InChI=1S/C7H5ClO.C6H15N/c8-7(9)6-4-2-1-3-5-6;1-4-7(5-2)6-3/h1-5H;4-6H2,1-3H3. The molecule has 3 heteroatoms. The predicted molar refractivity (Wildman–Crippen MR) is 70.1 cm³/mol. The number of benzene rings is 1. The SMILES string of the molecule is CCN(CC)CC.O=C(Cl)c1ccccc1. The van der Waals surface area contributed by atoms with Crippen LogP contribution in [0.5, 0.6) is 0 Å². The van der Waals surface area contributed by atoms with Gasteiger partial charge in [0.1, 0.15) is 0 Å². The lowest BCUT2D eigenvalue weighted by atomic mass is 10.2. The largest absolute Gasteiger partial charge is 0.304 e. The summed E-state index contributed by atoms with van der Waals surface area (Å²) in [6.45, 7) is 10.1. The number of hydrogen-bond donors (Lipinski definition) is 0. The highest BCUT2D eigenvalue weighted by Gasteiger charge is 1.95. The fraction of sp³-hybridized carbons (Fsp3) is 0.462. The summed E-state index contributed by atoms with van der Waals surface area (Å²) in [7, 11) is 0. The van der Waals surface area contributed by atoms with Gasteiger partial charge >= 0.3 is 0 Å². The van der Waals surface area contributed by atoms with Crippen molar-refractivity contribution >= 4 is 16.8 Å². The van der Waals surface area contributed by atoms with E-state index in [1.807, 2.05) is 6.07 Å². The summed E-state index contributed by atoms with van der Waals surface area (Å²) < 4.78 is 0. The molecule has 0 aliphatic rings. The zero-order valence-electron chi connectivity index (χ0n) is 10.2. The Hall–Kier alpha value is -0.860. The Morgan fingerprint density at radius 2 is 1.50 bits per heavy atom. The van der Waals surface area contributed by atoms with E-state index < -0.39 is 5.24 Å². The van der Waals surface area contributed by atoms with Crippen molar-refractivity contribution in [3.63, 3.8) is 0 Å². The molecular formula is C13H20ClNO. The molecule has 0 heterocycles. The topological polar surface area (TPSA) is 20.3 Å². The molecule has 16 heavy (non-hydrogen) atoms. The molecular weight excluding hydrogens is 222 g/mol. The van der Waals surface area contributed by atoms with Gasteiger partial charge in [0, 0.05) is 5.56 Å². The van der Waals surface area contributed by atoms with Crippen molar-refractivity contribution in [3.8, 4) is 0 Å². The molecule has 0 saturated heterocycles. The smallest absolute Gasteiger partial charge is 0.252 e. The van der Waals surface area contributed by atoms with Gasteiger partial charge < -0.3 is 4.90 Å². The van der Waals surface area contributed by atoms with Gasteiger partial charge in [-0.15, -0.1) is 0 Å². The van der Waals surface area contributed by atoms with Gasteiger partial charge in [-0.25, -0.2) is 0 Å². The van der Waals surface area contributed by atoms with E-state index in [9.17, 15) is 4.79 Å². The van der Waals surface area contributed by atoms with Crippen molar-refractivity contribution < 1.29 is 4.79 Å². The first-order valence-corrected chi connectivity index (χ1v) is 6.00. The van der Waals surface area contributed by atoms with Crippen LogP contribution in [0.2, 0.25) is 0 Å². The number of halogens is 1. The van der Waals surface area contributed by atoms with Gasteiger partial charge in [0.25, 0.3) is 5.24 Å². The minimum Gasteiger partial charge on any atom is -0.304 e. The van der Waals surface area contributed by atoms with Crippen LogP contribution in [-0.4, -0.2) is 29.8 Å². The van der Waals surface area contributed by atoms with E-state index in [4.69, 9.17) is 11.6 Å². The zero-order valence-corrected chi connectivity index (χ0v) is 11.0. The van der Waals surface area contributed by atoms with Gasteiger partial charge in [0.05, 0.1) is 0 Å². The number of hydrogen-bond acceptors (Lipinski definition) is 2. The lowest BCUT2D eigenvalue weighted by molar-refractivity contribution is 0.108. The zero-order chi connectivity index (χ0) is 12.4. The number of carbonyl (C=O) groups is 1. The molecule has 0 atom stereocenters. The summed E-state index contributed by atoms with van der Waals surface area (Å²) in [5, 5.41) is -0.407. The van der Waals surface area contributed by atoms with Crippen LogP contribution in [0.25, 0.3) is 0 Å². The van der Waals surface area contributed by atoms with E-state index in [0.717, 1.165) is 0 Å². The number of rotatable bonds is 4. The Balaban J connectivity index is 0.000000293. The molecule has 0 unspecified atom stereocenters. The highest BCUT2D eigenvalue weighted by atomic mass is 35.5. The van der Waals surface area contributed by atoms with Crippen LogP contribution in [0.4, 0.5) is 0 Å². The monoisotopic (exact) mass is 241 g/mol. The Kier molecular flexibility index (Phi) is 8.87. The maximum absolute atomic E-state index is 10.4. The molecule has 0 spiro atoms. The van der Waals surface area contributed by atoms with Crippen LogP contribution in [0, 0.1) is 0 Å². The molecule has 1 rings (SSSR count). The maximum Gasteiger partial charge on any atom is 0.252 e. The third-order valence-electron chi connectivity index (χ3n) is 2.34. The predicted octanol–water partition coefficient (Wildman–Crippen LogP) is 3.41. The molecule has 0 bridgehead atoms. The van der Waals surface area contributed by atoms with Crippen LogP contribution in [-0.2, 0) is 0 Å².